The van der Waals surface area contributed by atoms with Crippen LogP contribution in [0.2, 0.25) is 0 Å². The van der Waals surface area contributed by atoms with Crippen LogP contribution in [0.15, 0.2) is 12.1 Å². The first-order valence-corrected chi connectivity index (χ1v) is 7.89. The minimum absolute atomic E-state index is 0.263. The number of fused-ring (bicyclic) bond motifs is 1. The van der Waals surface area contributed by atoms with Crippen LogP contribution >= 0.6 is 0 Å². The Morgan fingerprint density at radius 2 is 2.29 bits per heavy atom. The molecule has 2 aliphatic rings. The first-order chi connectivity index (χ1) is 10.2. The average molecular weight is 291 g/mol. The molecule has 116 valence electrons. The second-order valence-corrected chi connectivity index (χ2v) is 6.13. The Kier molecular flexibility index (Phi) is 4.36. The maximum Gasteiger partial charge on any atom is 0.123 e. The van der Waals surface area contributed by atoms with Gasteiger partial charge in [-0.3, -0.25) is 0 Å². The molecule has 3 atom stereocenters. The van der Waals surface area contributed by atoms with Gasteiger partial charge in [-0.05, 0) is 38.8 Å². The molecule has 2 aliphatic heterocycles. The zero-order chi connectivity index (χ0) is 14.8. The van der Waals surface area contributed by atoms with E-state index >= 15 is 0 Å². The molecule has 1 aromatic carbocycles. The lowest BCUT2D eigenvalue weighted by molar-refractivity contribution is 0.0831. The van der Waals surface area contributed by atoms with Gasteiger partial charge in [0.25, 0.3) is 0 Å². The van der Waals surface area contributed by atoms with Gasteiger partial charge in [0.05, 0.1) is 13.2 Å². The van der Waals surface area contributed by atoms with Gasteiger partial charge < -0.3 is 19.5 Å². The standard InChI is InChI=1S/C17H25NO3/c1-11-7-13-8-16(19-3)14(9-17(13)21-11)10-18-12(2)15-5-4-6-20-15/h8-9,11-12,15,18H,4-7,10H2,1-3H3. The van der Waals surface area contributed by atoms with E-state index in [0.29, 0.717) is 12.1 Å². The van der Waals surface area contributed by atoms with E-state index in [0.717, 1.165) is 43.1 Å². The molecule has 2 heterocycles. The Balaban J connectivity index is 1.68. The van der Waals surface area contributed by atoms with E-state index in [1.807, 2.05) is 0 Å². The molecule has 4 nitrogen and oxygen atoms in total. The largest absolute Gasteiger partial charge is 0.496 e. The van der Waals surface area contributed by atoms with Crippen molar-refractivity contribution in [2.24, 2.45) is 0 Å². The van der Waals surface area contributed by atoms with Crippen molar-refractivity contribution >= 4 is 0 Å². The lowest BCUT2D eigenvalue weighted by atomic mass is 10.1. The van der Waals surface area contributed by atoms with E-state index in [9.17, 15) is 0 Å². The molecule has 1 N–H and O–H groups in total. The third-order valence-corrected chi connectivity index (χ3v) is 4.44. The van der Waals surface area contributed by atoms with Crippen molar-refractivity contribution in [1.82, 2.24) is 5.32 Å². The van der Waals surface area contributed by atoms with E-state index in [2.05, 4.69) is 31.3 Å². The molecule has 0 radical (unpaired) electrons. The van der Waals surface area contributed by atoms with Crippen LogP contribution in [0.3, 0.4) is 0 Å². The van der Waals surface area contributed by atoms with E-state index in [-0.39, 0.29) is 6.10 Å². The molecule has 0 amide bonds. The van der Waals surface area contributed by atoms with Crippen LogP contribution in [0, 0.1) is 0 Å². The quantitative estimate of drug-likeness (QED) is 0.905. The third kappa shape index (κ3) is 3.16. The Morgan fingerprint density at radius 3 is 3.00 bits per heavy atom. The molecule has 0 bridgehead atoms. The van der Waals surface area contributed by atoms with Gasteiger partial charge in [-0.15, -0.1) is 0 Å². The van der Waals surface area contributed by atoms with Crippen LogP contribution in [0.4, 0.5) is 0 Å². The molecule has 1 saturated heterocycles. The Labute approximate surface area is 126 Å². The maximum absolute atomic E-state index is 5.85. The van der Waals surface area contributed by atoms with Crippen LogP contribution < -0.4 is 14.8 Å². The lowest BCUT2D eigenvalue weighted by Gasteiger charge is -2.21. The van der Waals surface area contributed by atoms with Crippen LogP contribution in [-0.4, -0.2) is 32.0 Å². The lowest BCUT2D eigenvalue weighted by Crippen LogP contribution is -2.36. The predicted molar refractivity (Wildman–Crippen MR) is 82.1 cm³/mol. The smallest absolute Gasteiger partial charge is 0.123 e. The predicted octanol–water partition coefficient (Wildman–Crippen LogP) is 2.68. The highest BCUT2D eigenvalue weighted by molar-refractivity contribution is 5.48. The summed E-state index contributed by atoms with van der Waals surface area (Å²) in [5.41, 5.74) is 2.39. The summed E-state index contributed by atoms with van der Waals surface area (Å²) in [4.78, 5) is 0. The van der Waals surface area contributed by atoms with E-state index in [1.54, 1.807) is 7.11 Å². The van der Waals surface area contributed by atoms with E-state index in [4.69, 9.17) is 14.2 Å². The topological polar surface area (TPSA) is 39.7 Å². The Hall–Kier alpha value is -1.26. The summed E-state index contributed by atoms with van der Waals surface area (Å²) >= 11 is 0. The zero-order valence-corrected chi connectivity index (χ0v) is 13.1. The normalized spacial score (nSPS) is 25.5. The number of nitrogens with one attached hydrogen (secondary N) is 1. The van der Waals surface area contributed by atoms with Gasteiger partial charge in [0.15, 0.2) is 0 Å². The molecule has 4 heteroatoms. The zero-order valence-electron chi connectivity index (χ0n) is 13.1. The molecule has 21 heavy (non-hydrogen) atoms. The molecule has 0 aliphatic carbocycles. The van der Waals surface area contributed by atoms with E-state index < -0.39 is 0 Å². The summed E-state index contributed by atoms with van der Waals surface area (Å²) in [5, 5.41) is 3.56. The SMILES string of the molecule is COc1cc2c(cc1CNC(C)C1CCCO1)OC(C)C2. The summed E-state index contributed by atoms with van der Waals surface area (Å²) in [6.45, 7) is 5.96. The van der Waals surface area contributed by atoms with Gasteiger partial charge in [-0.1, -0.05) is 0 Å². The summed E-state index contributed by atoms with van der Waals surface area (Å²) < 4.78 is 17.1. The highest BCUT2D eigenvalue weighted by atomic mass is 16.5. The third-order valence-electron chi connectivity index (χ3n) is 4.44. The minimum atomic E-state index is 0.263. The number of hydrogen-bond acceptors (Lipinski definition) is 4. The molecule has 3 rings (SSSR count). The molecule has 1 aromatic rings. The number of ether oxygens (including phenoxy) is 3. The first kappa shape index (κ1) is 14.7. The second kappa shape index (κ2) is 6.24. The fraction of sp³-hybridized carbons (Fsp3) is 0.647. The second-order valence-electron chi connectivity index (χ2n) is 6.13. The van der Waals surface area contributed by atoms with Gasteiger partial charge >= 0.3 is 0 Å². The first-order valence-electron chi connectivity index (χ1n) is 7.89. The molecular weight excluding hydrogens is 266 g/mol. The number of benzene rings is 1. The van der Waals surface area contributed by atoms with Gasteiger partial charge in [-0.25, -0.2) is 0 Å². The summed E-state index contributed by atoms with van der Waals surface area (Å²) in [6, 6.07) is 4.59. The molecule has 0 saturated carbocycles. The van der Waals surface area contributed by atoms with Crippen LogP contribution in [0.5, 0.6) is 11.5 Å². The molecule has 3 unspecified atom stereocenters. The number of hydrogen-bond donors (Lipinski definition) is 1. The van der Waals surface area contributed by atoms with Crippen molar-refractivity contribution in [2.75, 3.05) is 13.7 Å². The van der Waals surface area contributed by atoms with Gasteiger partial charge in [-0.2, -0.15) is 0 Å². The van der Waals surface area contributed by atoms with Crippen LogP contribution in [-0.2, 0) is 17.7 Å². The fourth-order valence-corrected chi connectivity index (χ4v) is 3.21. The average Bonchev–Trinajstić information content (AvgIpc) is 3.11. The van der Waals surface area contributed by atoms with Crippen molar-refractivity contribution in [3.05, 3.63) is 23.3 Å². The minimum Gasteiger partial charge on any atom is -0.496 e. The van der Waals surface area contributed by atoms with E-state index in [1.165, 1.54) is 12.0 Å². The van der Waals surface area contributed by atoms with Crippen molar-refractivity contribution in [1.29, 1.82) is 0 Å². The summed E-state index contributed by atoms with van der Waals surface area (Å²) in [5.74, 6) is 1.95. The van der Waals surface area contributed by atoms with Gasteiger partial charge in [0.1, 0.15) is 17.6 Å². The van der Waals surface area contributed by atoms with Crippen molar-refractivity contribution in [3.63, 3.8) is 0 Å². The van der Waals surface area contributed by atoms with Crippen molar-refractivity contribution in [2.45, 2.75) is 57.9 Å². The van der Waals surface area contributed by atoms with Crippen LogP contribution in [0.1, 0.15) is 37.8 Å². The van der Waals surface area contributed by atoms with Crippen LogP contribution in [0.25, 0.3) is 0 Å². The fourth-order valence-electron chi connectivity index (χ4n) is 3.21. The van der Waals surface area contributed by atoms with Crippen molar-refractivity contribution in [3.8, 4) is 11.5 Å². The Bertz CT molecular complexity index is 497. The molecule has 1 fully saturated rings. The maximum atomic E-state index is 5.85. The summed E-state index contributed by atoms with van der Waals surface area (Å²) in [7, 11) is 1.73. The molecule has 0 spiro atoms. The highest BCUT2D eigenvalue weighted by Crippen LogP contribution is 2.35. The van der Waals surface area contributed by atoms with Gasteiger partial charge in [0, 0.05) is 36.7 Å². The Morgan fingerprint density at radius 1 is 1.43 bits per heavy atom. The summed E-state index contributed by atoms with van der Waals surface area (Å²) in [6.07, 6.45) is 3.88. The number of rotatable bonds is 5. The molecular formula is C17H25NO3. The monoisotopic (exact) mass is 291 g/mol. The number of methoxy groups -OCH3 is 1. The van der Waals surface area contributed by atoms with Crippen molar-refractivity contribution < 1.29 is 14.2 Å². The van der Waals surface area contributed by atoms with Gasteiger partial charge in [0.2, 0.25) is 0 Å². The highest BCUT2D eigenvalue weighted by Gasteiger charge is 2.24. The molecule has 0 aromatic heterocycles.